The van der Waals surface area contributed by atoms with Crippen LogP contribution in [0.1, 0.15) is 52.2 Å². The number of aryl methyl sites for hydroxylation is 1. The second-order valence-electron chi connectivity index (χ2n) is 6.36. The molecule has 0 spiro atoms. The number of rotatable bonds is 4. The fourth-order valence-electron chi connectivity index (χ4n) is 2.18. The molecular weight excluding hydrogens is 249 g/mol. The van der Waals surface area contributed by atoms with Crippen LogP contribution in [0.25, 0.3) is 6.08 Å². The van der Waals surface area contributed by atoms with E-state index in [2.05, 4.69) is 45.7 Å². The summed E-state index contributed by atoms with van der Waals surface area (Å²) in [4.78, 5) is 4.27. The molecule has 0 unspecified atom stereocenters. The summed E-state index contributed by atoms with van der Waals surface area (Å²) in [7, 11) is -0.296. The average Bonchev–Trinajstić information content (AvgIpc) is 2.56. The molecule has 0 radical (unpaired) electrons. The first-order valence-electron chi connectivity index (χ1n) is 7.32. The van der Waals surface area contributed by atoms with Crippen molar-refractivity contribution in [3.8, 4) is 0 Å². The van der Waals surface area contributed by atoms with Crippen LogP contribution in [-0.4, -0.2) is 23.3 Å². The summed E-state index contributed by atoms with van der Waals surface area (Å²) in [5.41, 5.74) is 1.78. The normalized spacial score (nSPS) is 20.8. The Morgan fingerprint density at radius 2 is 1.80 bits per heavy atom. The third-order valence-corrected chi connectivity index (χ3v) is 4.07. The molecule has 0 aromatic carbocycles. The quantitative estimate of drug-likeness (QED) is 0.784. The number of nitrogens with zero attached hydrogens (tertiary/aromatic N) is 1. The van der Waals surface area contributed by atoms with Gasteiger partial charge >= 0.3 is 7.12 Å². The lowest BCUT2D eigenvalue weighted by molar-refractivity contribution is 0.00578. The maximum absolute atomic E-state index is 5.93. The van der Waals surface area contributed by atoms with Crippen LogP contribution in [0.3, 0.4) is 0 Å². The molecule has 0 atom stereocenters. The Balaban J connectivity index is 2.06. The molecule has 0 N–H and O–H groups in total. The lowest BCUT2D eigenvalue weighted by Gasteiger charge is -2.32. The summed E-state index contributed by atoms with van der Waals surface area (Å²) in [6.07, 6.45) is 8.00. The van der Waals surface area contributed by atoms with E-state index in [-0.39, 0.29) is 18.3 Å². The van der Waals surface area contributed by atoms with Gasteiger partial charge in [-0.2, -0.15) is 0 Å². The summed E-state index contributed by atoms with van der Waals surface area (Å²) < 4.78 is 11.9. The van der Waals surface area contributed by atoms with Crippen molar-refractivity contribution in [3.63, 3.8) is 0 Å². The molecule has 4 heteroatoms. The van der Waals surface area contributed by atoms with Crippen LogP contribution < -0.4 is 0 Å². The molecule has 0 saturated carbocycles. The van der Waals surface area contributed by atoms with Crippen LogP contribution in [0.5, 0.6) is 0 Å². The third kappa shape index (κ3) is 3.30. The first kappa shape index (κ1) is 15.3. The van der Waals surface area contributed by atoms with Crippen LogP contribution in [0.15, 0.2) is 24.4 Å². The summed E-state index contributed by atoms with van der Waals surface area (Å²) in [6.45, 7) is 10.4. The highest BCUT2D eigenvalue weighted by Gasteiger charge is 2.49. The van der Waals surface area contributed by atoms with Gasteiger partial charge in [-0.05, 0) is 51.3 Å². The van der Waals surface area contributed by atoms with Crippen molar-refractivity contribution in [2.24, 2.45) is 0 Å². The Bertz CT molecular complexity index is 481. The maximum atomic E-state index is 5.93. The summed E-state index contributed by atoms with van der Waals surface area (Å²) in [5.74, 6) is 1.96. The van der Waals surface area contributed by atoms with Crippen molar-refractivity contribution in [2.75, 3.05) is 0 Å². The largest absolute Gasteiger partial charge is 0.487 e. The van der Waals surface area contributed by atoms with Crippen LogP contribution in [0.2, 0.25) is 0 Å². The van der Waals surface area contributed by atoms with Crippen LogP contribution in [-0.2, 0) is 15.7 Å². The highest BCUT2D eigenvalue weighted by atomic mass is 16.7. The minimum atomic E-state index is -0.296. The van der Waals surface area contributed by atoms with Gasteiger partial charge in [-0.1, -0.05) is 25.4 Å². The molecule has 2 rings (SSSR count). The molecule has 0 bridgehead atoms. The molecule has 1 aliphatic rings. The molecule has 0 aliphatic carbocycles. The van der Waals surface area contributed by atoms with Gasteiger partial charge in [0.1, 0.15) is 0 Å². The van der Waals surface area contributed by atoms with Crippen LogP contribution in [0, 0.1) is 0 Å². The van der Waals surface area contributed by atoms with Gasteiger partial charge in [-0.25, -0.2) is 0 Å². The maximum Gasteiger partial charge on any atom is 0.487 e. The van der Waals surface area contributed by atoms with Crippen molar-refractivity contribution < 1.29 is 9.31 Å². The van der Waals surface area contributed by atoms with E-state index in [9.17, 15) is 0 Å². The Hall–Kier alpha value is -1.13. The van der Waals surface area contributed by atoms with Crippen LogP contribution in [0.4, 0.5) is 0 Å². The summed E-state index contributed by atoms with van der Waals surface area (Å²) in [6, 6.07) is 2.16. The minimum absolute atomic E-state index is 0.287. The molecule has 0 amide bonds. The summed E-state index contributed by atoms with van der Waals surface area (Å²) >= 11 is 0. The lowest BCUT2D eigenvalue weighted by Crippen LogP contribution is -2.41. The van der Waals surface area contributed by atoms with Gasteiger partial charge in [0.25, 0.3) is 0 Å². The van der Waals surface area contributed by atoms with Crippen molar-refractivity contribution in [1.29, 1.82) is 0 Å². The Kier molecular flexibility index (Phi) is 4.35. The summed E-state index contributed by atoms with van der Waals surface area (Å²) in [5, 5.41) is 0. The minimum Gasteiger partial charge on any atom is -0.400 e. The van der Waals surface area contributed by atoms with E-state index in [0.717, 1.165) is 18.4 Å². The molecule has 3 nitrogen and oxygen atoms in total. The standard InChI is InChI=1S/C16H24BNO2/c1-6-7-13-10-14(12-18-11-13)8-9-17-19-15(2,3)16(4,5)20-17/h8-12H,6-7H2,1-5H3/b9-8+. The Labute approximate surface area is 122 Å². The van der Waals surface area contributed by atoms with Gasteiger partial charge in [0.05, 0.1) is 11.2 Å². The smallest absolute Gasteiger partial charge is 0.400 e. The molecule has 1 aromatic heterocycles. The van der Waals surface area contributed by atoms with Gasteiger partial charge in [0.15, 0.2) is 0 Å². The second kappa shape index (κ2) is 5.70. The molecule has 1 aromatic rings. The number of hydrogen-bond acceptors (Lipinski definition) is 3. The van der Waals surface area contributed by atoms with Crippen LogP contribution >= 0.6 is 0 Å². The second-order valence-corrected chi connectivity index (χ2v) is 6.36. The van der Waals surface area contributed by atoms with Gasteiger partial charge in [0, 0.05) is 12.4 Å². The SMILES string of the molecule is CCCc1cncc(/C=C/B2OC(C)(C)C(C)(C)O2)c1. The average molecular weight is 273 g/mol. The van der Waals surface area contributed by atoms with Gasteiger partial charge in [-0.3, -0.25) is 4.98 Å². The van der Waals surface area contributed by atoms with E-state index in [1.54, 1.807) is 0 Å². The molecule has 108 valence electrons. The van der Waals surface area contributed by atoms with Gasteiger partial charge < -0.3 is 9.31 Å². The Morgan fingerprint density at radius 1 is 1.15 bits per heavy atom. The molecule has 2 heterocycles. The molecule has 1 aliphatic heterocycles. The first-order valence-corrected chi connectivity index (χ1v) is 7.32. The monoisotopic (exact) mass is 273 g/mol. The highest BCUT2D eigenvalue weighted by Crippen LogP contribution is 2.36. The topological polar surface area (TPSA) is 31.4 Å². The van der Waals surface area contributed by atoms with Crippen molar-refractivity contribution >= 4 is 13.2 Å². The third-order valence-electron chi connectivity index (χ3n) is 4.07. The molecule has 1 saturated heterocycles. The molecule has 20 heavy (non-hydrogen) atoms. The fraction of sp³-hybridized carbons (Fsp3) is 0.562. The first-order chi connectivity index (χ1) is 9.34. The number of pyridine rings is 1. The van der Waals surface area contributed by atoms with E-state index in [1.165, 1.54) is 5.56 Å². The Morgan fingerprint density at radius 3 is 2.40 bits per heavy atom. The van der Waals surface area contributed by atoms with E-state index < -0.39 is 0 Å². The van der Waals surface area contributed by atoms with E-state index in [4.69, 9.17) is 9.31 Å². The van der Waals surface area contributed by atoms with Gasteiger partial charge in [-0.15, -0.1) is 0 Å². The van der Waals surface area contributed by atoms with Crippen molar-refractivity contribution in [3.05, 3.63) is 35.6 Å². The lowest BCUT2D eigenvalue weighted by atomic mass is 9.89. The zero-order chi connectivity index (χ0) is 14.8. The van der Waals surface area contributed by atoms with Crippen molar-refractivity contribution in [1.82, 2.24) is 4.98 Å². The molecule has 1 fully saturated rings. The zero-order valence-corrected chi connectivity index (χ0v) is 13.1. The van der Waals surface area contributed by atoms with E-state index in [0.29, 0.717) is 0 Å². The van der Waals surface area contributed by atoms with Crippen molar-refractivity contribution in [2.45, 2.75) is 58.7 Å². The highest BCUT2D eigenvalue weighted by molar-refractivity contribution is 6.52. The van der Waals surface area contributed by atoms with E-state index in [1.807, 2.05) is 24.4 Å². The zero-order valence-electron chi connectivity index (χ0n) is 13.1. The predicted molar refractivity (Wildman–Crippen MR) is 83.3 cm³/mol. The molecular formula is C16H24BNO2. The number of aromatic nitrogens is 1. The number of hydrogen-bond donors (Lipinski definition) is 0. The van der Waals surface area contributed by atoms with Gasteiger partial charge in [0.2, 0.25) is 0 Å². The predicted octanol–water partition coefficient (Wildman–Crippen LogP) is 3.68. The van der Waals surface area contributed by atoms with E-state index >= 15 is 0 Å². The fourth-order valence-corrected chi connectivity index (χ4v) is 2.18.